The smallest absolute Gasteiger partial charge is 0.407 e. The lowest BCUT2D eigenvalue weighted by Gasteiger charge is -2.20. The van der Waals surface area contributed by atoms with Gasteiger partial charge in [0.15, 0.2) is 0 Å². The average molecular weight is 606 g/mol. The van der Waals surface area contributed by atoms with Crippen molar-refractivity contribution in [3.63, 3.8) is 0 Å². The van der Waals surface area contributed by atoms with Crippen molar-refractivity contribution in [3.8, 4) is 0 Å². The van der Waals surface area contributed by atoms with Crippen LogP contribution in [0.3, 0.4) is 0 Å². The highest BCUT2D eigenvalue weighted by molar-refractivity contribution is 6.30. The van der Waals surface area contributed by atoms with Gasteiger partial charge in [-0.15, -0.1) is 0 Å². The van der Waals surface area contributed by atoms with Gasteiger partial charge in [-0.05, 0) is 74.2 Å². The SMILES string of the molecule is Cc1ccn(CCc2nc(C(C)(C)C)oc2Cl)c(=O)c1CC(=O)NCc1cc(Cl)ccc1CNC(=O)OC(C)(C)C. The lowest BCUT2D eigenvalue weighted by atomic mass is 9.97. The number of amides is 2. The van der Waals surface area contributed by atoms with Crippen molar-refractivity contribution in [2.24, 2.45) is 0 Å². The standard InChI is InChI=1S/C30H38Cl2N4O5/c1-18-10-12-36(13-11-23-25(32)40-27(35-23)29(2,3)4)26(38)22(18)15-24(37)33-17-20-14-21(31)9-8-19(20)16-34-28(39)41-30(5,6)7/h8-10,12,14H,11,13,15-17H2,1-7H3,(H,33,37)(H,34,39). The molecule has 9 nitrogen and oxygen atoms in total. The number of aryl methyl sites for hydroxylation is 3. The second-order valence-corrected chi connectivity index (χ2v) is 12.7. The molecule has 11 heteroatoms. The fourth-order valence-corrected chi connectivity index (χ4v) is 4.37. The van der Waals surface area contributed by atoms with Gasteiger partial charge in [0.1, 0.15) is 11.3 Å². The molecule has 0 aliphatic heterocycles. The number of carbonyl (C=O) groups is 2. The zero-order chi connectivity index (χ0) is 30.5. The van der Waals surface area contributed by atoms with Gasteiger partial charge in [-0.3, -0.25) is 9.59 Å². The van der Waals surface area contributed by atoms with E-state index in [9.17, 15) is 14.4 Å². The molecular formula is C30H38Cl2N4O5. The first kappa shape index (κ1) is 32.2. The molecule has 0 aliphatic carbocycles. The number of hydrogen-bond donors (Lipinski definition) is 2. The Hall–Kier alpha value is -3.30. The minimum atomic E-state index is -0.617. The van der Waals surface area contributed by atoms with Gasteiger partial charge in [0, 0.05) is 48.3 Å². The number of rotatable bonds is 9. The van der Waals surface area contributed by atoms with Gasteiger partial charge >= 0.3 is 6.09 Å². The highest BCUT2D eigenvalue weighted by Gasteiger charge is 2.23. The van der Waals surface area contributed by atoms with E-state index < -0.39 is 11.7 Å². The maximum Gasteiger partial charge on any atom is 0.407 e. The van der Waals surface area contributed by atoms with Crippen LogP contribution in [-0.4, -0.2) is 27.2 Å². The number of aromatic nitrogens is 2. The quantitative estimate of drug-likeness (QED) is 0.315. The summed E-state index contributed by atoms with van der Waals surface area (Å²) >= 11 is 12.4. The number of pyridine rings is 1. The minimum absolute atomic E-state index is 0.0869. The molecule has 2 aromatic heterocycles. The Bertz CT molecular complexity index is 1460. The Balaban J connectivity index is 1.65. The van der Waals surface area contributed by atoms with Gasteiger partial charge in [-0.25, -0.2) is 9.78 Å². The van der Waals surface area contributed by atoms with Crippen molar-refractivity contribution < 1.29 is 18.7 Å². The maximum absolute atomic E-state index is 13.3. The van der Waals surface area contributed by atoms with Crippen LogP contribution in [0.5, 0.6) is 0 Å². The van der Waals surface area contributed by atoms with Crippen LogP contribution in [-0.2, 0) is 47.4 Å². The summed E-state index contributed by atoms with van der Waals surface area (Å²) in [6.07, 6.45) is 1.48. The van der Waals surface area contributed by atoms with E-state index in [1.165, 1.54) is 0 Å². The van der Waals surface area contributed by atoms with Crippen molar-refractivity contribution >= 4 is 35.2 Å². The third-order valence-corrected chi connectivity index (χ3v) is 6.71. The molecule has 2 amide bonds. The number of ether oxygens (including phenoxy) is 1. The molecule has 0 radical (unpaired) electrons. The van der Waals surface area contributed by atoms with Crippen LogP contribution < -0.4 is 16.2 Å². The Kier molecular flexibility index (Phi) is 10.3. The number of carbonyl (C=O) groups excluding carboxylic acids is 2. The van der Waals surface area contributed by atoms with Gasteiger partial charge in [0.25, 0.3) is 5.56 Å². The normalized spacial score (nSPS) is 11.8. The molecule has 0 fully saturated rings. The second-order valence-electron chi connectivity index (χ2n) is 11.9. The molecule has 0 bridgehead atoms. The average Bonchev–Trinajstić information content (AvgIpc) is 3.24. The molecule has 3 aromatic rings. The molecule has 0 saturated carbocycles. The maximum atomic E-state index is 13.3. The van der Waals surface area contributed by atoms with Crippen molar-refractivity contribution in [1.82, 2.24) is 20.2 Å². The summed E-state index contributed by atoms with van der Waals surface area (Å²) in [4.78, 5) is 42.8. The molecule has 1 aromatic carbocycles. The van der Waals surface area contributed by atoms with Crippen molar-refractivity contribution in [1.29, 1.82) is 0 Å². The predicted molar refractivity (Wildman–Crippen MR) is 159 cm³/mol. The van der Waals surface area contributed by atoms with Gasteiger partial charge < -0.3 is 24.4 Å². The summed E-state index contributed by atoms with van der Waals surface area (Å²) < 4.78 is 12.4. The molecule has 3 rings (SSSR count). The summed E-state index contributed by atoms with van der Waals surface area (Å²) in [5.41, 5.74) is 2.08. The van der Waals surface area contributed by atoms with Crippen LogP contribution in [0.25, 0.3) is 0 Å². The molecule has 0 saturated heterocycles. The van der Waals surface area contributed by atoms with E-state index in [1.807, 2.05) is 26.8 Å². The highest BCUT2D eigenvalue weighted by atomic mass is 35.5. The Morgan fingerprint density at radius 3 is 2.34 bits per heavy atom. The fourth-order valence-electron chi connectivity index (χ4n) is 3.97. The number of oxazole rings is 1. The molecule has 222 valence electrons. The van der Waals surface area contributed by atoms with Gasteiger partial charge in [0.2, 0.25) is 17.0 Å². The van der Waals surface area contributed by atoms with E-state index in [0.717, 1.165) is 16.7 Å². The van der Waals surface area contributed by atoms with Crippen LogP contribution in [0.1, 0.15) is 75.4 Å². The van der Waals surface area contributed by atoms with Crippen molar-refractivity contribution in [3.05, 3.63) is 84.9 Å². The first-order valence-corrected chi connectivity index (χ1v) is 14.1. The van der Waals surface area contributed by atoms with Gasteiger partial charge in [-0.2, -0.15) is 0 Å². The molecular weight excluding hydrogens is 567 g/mol. The summed E-state index contributed by atoms with van der Waals surface area (Å²) in [6.45, 7) is 13.8. The monoisotopic (exact) mass is 604 g/mol. The number of halogens is 2. The Morgan fingerprint density at radius 2 is 1.71 bits per heavy atom. The largest absolute Gasteiger partial charge is 0.444 e. The zero-order valence-corrected chi connectivity index (χ0v) is 26.1. The summed E-state index contributed by atoms with van der Waals surface area (Å²) in [5, 5.41) is 6.31. The van der Waals surface area contributed by atoms with E-state index in [-0.39, 0.29) is 41.6 Å². The summed E-state index contributed by atoms with van der Waals surface area (Å²) in [6, 6.07) is 7.04. The Labute approximate surface area is 250 Å². The van der Waals surface area contributed by atoms with E-state index in [2.05, 4.69) is 15.6 Å². The second kappa shape index (κ2) is 13.1. The third-order valence-electron chi connectivity index (χ3n) is 6.18. The molecule has 0 atom stereocenters. The van der Waals surface area contributed by atoms with Crippen molar-refractivity contribution in [2.75, 3.05) is 0 Å². The molecule has 0 spiro atoms. The Morgan fingerprint density at radius 1 is 1.02 bits per heavy atom. The summed E-state index contributed by atoms with van der Waals surface area (Å²) in [7, 11) is 0. The summed E-state index contributed by atoms with van der Waals surface area (Å²) in [5.74, 6) is 0.220. The number of benzene rings is 1. The third kappa shape index (κ3) is 9.36. The molecule has 2 N–H and O–H groups in total. The fraction of sp³-hybridized carbons (Fsp3) is 0.467. The van der Waals surface area contributed by atoms with Gasteiger partial charge in [-0.1, -0.05) is 38.4 Å². The topological polar surface area (TPSA) is 115 Å². The highest BCUT2D eigenvalue weighted by Crippen LogP contribution is 2.27. The van der Waals surface area contributed by atoms with Crippen LogP contribution in [0.2, 0.25) is 10.2 Å². The van der Waals surface area contributed by atoms with Crippen LogP contribution in [0.4, 0.5) is 4.79 Å². The molecule has 0 aliphatic rings. The van der Waals surface area contributed by atoms with Gasteiger partial charge in [0.05, 0.1) is 6.42 Å². The first-order chi connectivity index (χ1) is 19.0. The number of hydrogen-bond acceptors (Lipinski definition) is 6. The molecule has 0 unspecified atom stereocenters. The van der Waals surface area contributed by atoms with Crippen LogP contribution >= 0.6 is 23.2 Å². The predicted octanol–water partition coefficient (Wildman–Crippen LogP) is 5.88. The van der Waals surface area contributed by atoms with Crippen molar-refractivity contribution in [2.45, 2.75) is 92.0 Å². The van der Waals surface area contributed by atoms with Crippen LogP contribution in [0, 0.1) is 6.92 Å². The van der Waals surface area contributed by atoms with E-state index in [4.69, 9.17) is 32.4 Å². The molecule has 2 heterocycles. The molecule has 41 heavy (non-hydrogen) atoms. The lowest BCUT2D eigenvalue weighted by molar-refractivity contribution is -0.120. The zero-order valence-electron chi connectivity index (χ0n) is 24.6. The number of alkyl carbamates (subject to hydrolysis) is 1. The number of nitrogens with one attached hydrogen (secondary N) is 2. The number of nitrogens with zero attached hydrogens (tertiary/aromatic N) is 2. The minimum Gasteiger partial charge on any atom is -0.444 e. The first-order valence-electron chi connectivity index (χ1n) is 13.4. The lowest BCUT2D eigenvalue weighted by Crippen LogP contribution is -2.33. The van der Waals surface area contributed by atoms with E-state index in [0.29, 0.717) is 35.1 Å². The van der Waals surface area contributed by atoms with E-state index >= 15 is 0 Å². The van der Waals surface area contributed by atoms with E-state index in [1.54, 1.807) is 56.7 Å². The van der Waals surface area contributed by atoms with Crippen LogP contribution in [0.15, 0.2) is 39.7 Å².